The lowest BCUT2D eigenvalue weighted by Crippen LogP contribution is -2.51. The van der Waals surface area contributed by atoms with Gasteiger partial charge in [0.15, 0.2) is 0 Å². The van der Waals surface area contributed by atoms with E-state index in [4.69, 9.17) is 4.74 Å². The van der Waals surface area contributed by atoms with Gasteiger partial charge in [0.25, 0.3) is 0 Å². The van der Waals surface area contributed by atoms with Crippen LogP contribution in [0.25, 0.3) is 0 Å². The Kier molecular flexibility index (Phi) is 11.9. The number of nitrogens with zero attached hydrogens (tertiary/aromatic N) is 1. The number of carboxylic acid groups (broad SMARTS) is 1. The summed E-state index contributed by atoms with van der Waals surface area (Å²) in [5, 5.41) is 26.8. The Hall–Kier alpha value is -4.77. The monoisotopic (exact) mass is 606 g/mol. The largest absolute Gasteiger partial charge is 0.465 e. The fourth-order valence-corrected chi connectivity index (χ4v) is 3.69. The molecule has 0 aromatic heterocycles. The van der Waals surface area contributed by atoms with Gasteiger partial charge < -0.3 is 30.5 Å². The van der Waals surface area contributed by atoms with E-state index >= 15 is 0 Å². The second-order valence-electron chi connectivity index (χ2n) is 10.3. The predicted octanol–water partition coefficient (Wildman–Crippen LogP) is 4.43. The smallest absolute Gasteiger partial charge is 0.416 e. The van der Waals surface area contributed by atoms with Gasteiger partial charge in [0.1, 0.15) is 18.1 Å². The highest BCUT2D eigenvalue weighted by Gasteiger charge is 2.32. The van der Waals surface area contributed by atoms with Crippen molar-refractivity contribution in [1.29, 1.82) is 0 Å². The molecule has 0 saturated carbocycles. The van der Waals surface area contributed by atoms with Crippen LogP contribution in [0.5, 0.6) is 0 Å². The fraction of sp³-hybridized carbons (Fsp3) is 0.379. The molecule has 43 heavy (non-hydrogen) atoms. The second-order valence-corrected chi connectivity index (χ2v) is 10.3. The summed E-state index contributed by atoms with van der Waals surface area (Å²) in [6.45, 7) is 5.67. The number of anilines is 2. The molecular formula is C29H33F3N4O7. The van der Waals surface area contributed by atoms with Crippen LogP contribution >= 0.6 is 0 Å². The number of hydrogen-bond donors (Lipinski definition) is 5. The summed E-state index contributed by atoms with van der Waals surface area (Å²) in [5.74, 6) is 2.92. The minimum absolute atomic E-state index is 0.0650. The van der Waals surface area contributed by atoms with E-state index in [1.807, 2.05) is 0 Å². The van der Waals surface area contributed by atoms with Crippen molar-refractivity contribution in [3.63, 3.8) is 0 Å². The molecular weight excluding hydrogens is 573 g/mol. The Balaban J connectivity index is 2.17. The molecule has 232 valence electrons. The Bertz CT molecular complexity index is 1370. The molecule has 0 spiro atoms. The number of amides is 4. The van der Waals surface area contributed by atoms with Crippen molar-refractivity contribution in [2.24, 2.45) is 0 Å². The van der Waals surface area contributed by atoms with Gasteiger partial charge in [-0.1, -0.05) is 36.3 Å². The number of hydrogen-bond acceptors (Lipinski definition) is 6. The molecule has 0 saturated heterocycles. The van der Waals surface area contributed by atoms with Crippen LogP contribution in [-0.4, -0.2) is 63.4 Å². The molecule has 2 aromatic carbocycles. The maximum Gasteiger partial charge on any atom is 0.416 e. The van der Waals surface area contributed by atoms with Gasteiger partial charge >= 0.3 is 18.4 Å². The molecule has 2 aromatic rings. The molecule has 0 unspecified atom stereocenters. The van der Waals surface area contributed by atoms with Gasteiger partial charge in [-0.25, -0.2) is 9.59 Å². The molecule has 0 bridgehead atoms. The molecule has 0 heterocycles. The third-order valence-corrected chi connectivity index (χ3v) is 5.43. The average Bonchev–Trinajstić information content (AvgIpc) is 2.86. The summed E-state index contributed by atoms with van der Waals surface area (Å²) in [5.41, 5.74) is -2.15. The van der Waals surface area contributed by atoms with E-state index in [1.165, 1.54) is 6.92 Å². The number of halogens is 3. The van der Waals surface area contributed by atoms with Gasteiger partial charge in [-0.15, -0.1) is 5.92 Å². The molecule has 14 heteroatoms. The molecule has 0 aliphatic heterocycles. The van der Waals surface area contributed by atoms with Crippen LogP contribution in [0.3, 0.4) is 0 Å². The third kappa shape index (κ3) is 12.3. The van der Waals surface area contributed by atoms with E-state index in [0.717, 1.165) is 11.0 Å². The molecule has 0 fully saturated rings. The first-order valence-electron chi connectivity index (χ1n) is 12.9. The van der Waals surface area contributed by atoms with E-state index < -0.39 is 59.9 Å². The third-order valence-electron chi connectivity index (χ3n) is 5.43. The highest BCUT2D eigenvalue weighted by atomic mass is 19.4. The van der Waals surface area contributed by atoms with E-state index in [2.05, 4.69) is 27.8 Å². The highest BCUT2D eigenvalue weighted by Crippen LogP contribution is 2.33. The summed E-state index contributed by atoms with van der Waals surface area (Å²) in [4.78, 5) is 50.2. The molecule has 0 aliphatic rings. The van der Waals surface area contributed by atoms with Crippen molar-refractivity contribution in [3.8, 4) is 11.8 Å². The van der Waals surface area contributed by atoms with E-state index in [-0.39, 0.29) is 24.5 Å². The molecule has 5 N–H and O–H groups in total. The lowest BCUT2D eigenvalue weighted by atomic mass is 10.1. The van der Waals surface area contributed by atoms with Crippen LogP contribution in [-0.2, 0) is 27.0 Å². The maximum atomic E-state index is 13.5. The summed E-state index contributed by atoms with van der Waals surface area (Å²) in [6, 6.07) is 9.64. The Labute approximate surface area is 246 Å². The maximum absolute atomic E-state index is 13.5. The first-order valence-corrected chi connectivity index (χ1v) is 12.9. The van der Waals surface area contributed by atoms with Gasteiger partial charge in [0.05, 0.1) is 11.6 Å². The van der Waals surface area contributed by atoms with E-state index in [1.54, 1.807) is 51.1 Å². The van der Waals surface area contributed by atoms with Crippen LogP contribution in [0.15, 0.2) is 48.5 Å². The lowest BCUT2D eigenvalue weighted by molar-refractivity contribution is -0.137. The SMILES string of the molecule is CC#C[C@H](O)[C@H](CN(Cc1ccccc1)C(=O)O)NC(=O)CC(=O)Nc1cc(NC(=O)OC(C)(C)C)cc(C(F)(F)F)c1. The van der Waals surface area contributed by atoms with Gasteiger partial charge in [0, 0.05) is 24.5 Å². The van der Waals surface area contributed by atoms with Crippen LogP contribution in [0.2, 0.25) is 0 Å². The first kappa shape index (κ1) is 34.4. The van der Waals surface area contributed by atoms with Crippen molar-refractivity contribution in [1.82, 2.24) is 10.2 Å². The number of aliphatic hydroxyl groups is 1. The average molecular weight is 607 g/mol. The fourth-order valence-electron chi connectivity index (χ4n) is 3.69. The number of nitrogens with one attached hydrogen (secondary N) is 3. The first-order chi connectivity index (χ1) is 20.0. The number of aliphatic hydroxyl groups excluding tert-OH is 1. The molecule has 2 rings (SSSR count). The second kappa shape index (κ2) is 14.9. The number of carbonyl (C=O) groups excluding carboxylic acids is 3. The van der Waals surface area contributed by atoms with Crippen molar-refractivity contribution in [2.75, 3.05) is 17.2 Å². The Morgan fingerprint density at radius 1 is 0.977 bits per heavy atom. The zero-order chi connectivity index (χ0) is 32.4. The Morgan fingerprint density at radius 3 is 2.12 bits per heavy atom. The van der Waals surface area contributed by atoms with Crippen LogP contribution in [0, 0.1) is 11.8 Å². The molecule has 0 radical (unpaired) electrons. The van der Waals surface area contributed by atoms with E-state index in [9.17, 15) is 42.6 Å². The number of rotatable bonds is 10. The van der Waals surface area contributed by atoms with Gasteiger partial charge in [-0.05, 0) is 51.5 Å². The zero-order valence-corrected chi connectivity index (χ0v) is 23.9. The van der Waals surface area contributed by atoms with Crippen LogP contribution in [0.4, 0.5) is 34.1 Å². The molecule has 11 nitrogen and oxygen atoms in total. The van der Waals surface area contributed by atoms with Crippen LogP contribution in [0.1, 0.15) is 45.2 Å². The minimum Gasteiger partial charge on any atom is -0.465 e. The van der Waals surface area contributed by atoms with Crippen molar-refractivity contribution in [2.45, 2.75) is 64.6 Å². The lowest BCUT2D eigenvalue weighted by Gasteiger charge is -2.27. The Morgan fingerprint density at radius 2 is 1.58 bits per heavy atom. The standard InChI is InChI=1S/C29H33F3N4O7/c1-5-9-23(37)22(17-36(27(41)42)16-18-10-7-6-8-11-18)35-25(39)15-24(38)33-20-12-19(29(30,31)32)13-21(14-20)34-26(40)43-28(2,3)4/h6-8,10-14,22-23,37H,15-17H2,1-4H3,(H,33,38)(H,34,40)(H,35,39)(H,41,42)/t22-,23-/m0/s1. The summed E-state index contributed by atoms with van der Waals surface area (Å²) < 4.78 is 45.5. The van der Waals surface area contributed by atoms with Crippen LogP contribution < -0.4 is 16.0 Å². The zero-order valence-electron chi connectivity index (χ0n) is 23.9. The molecule has 0 aliphatic carbocycles. The van der Waals surface area contributed by atoms with Gasteiger partial charge in [0.2, 0.25) is 11.8 Å². The highest BCUT2D eigenvalue weighted by molar-refractivity contribution is 6.04. The normalized spacial score (nSPS) is 12.6. The number of alkyl halides is 3. The number of carbonyl (C=O) groups is 4. The van der Waals surface area contributed by atoms with Crippen molar-refractivity contribution in [3.05, 3.63) is 59.7 Å². The molecule has 2 atom stereocenters. The number of benzene rings is 2. The summed E-state index contributed by atoms with van der Waals surface area (Å²) in [6.07, 6.45) is -9.58. The van der Waals surface area contributed by atoms with E-state index in [0.29, 0.717) is 17.7 Å². The van der Waals surface area contributed by atoms with Gasteiger partial charge in [-0.3, -0.25) is 14.9 Å². The van der Waals surface area contributed by atoms with Gasteiger partial charge in [-0.2, -0.15) is 13.2 Å². The number of ether oxygens (including phenoxy) is 1. The summed E-state index contributed by atoms with van der Waals surface area (Å²) in [7, 11) is 0. The topological polar surface area (TPSA) is 157 Å². The van der Waals surface area contributed by atoms with Crippen molar-refractivity contribution >= 4 is 35.4 Å². The van der Waals surface area contributed by atoms with Crippen molar-refractivity contribution < 1.29 is 47.3 Å². The minimum atomic E-state index is -4.83. The predicted molar refractivity (Wildman–Crippen MR) is 151 cm³/mol. The quantitative estimate of drug-likeness (QED) is 0.198. The summed E-state index contributed by atoms with van der Waals surface area (Å²) >= 11 is 0. The molecule has 4 amide bonds.